The van der Waals surface area contributed by atoms with Gasteiger partial charge >= 0.3 is 0 Å². The fraction of sp³-hybridized carbons (Fsp3) is 0.625. The second kappa shape index (κ2) is 8.15. The van der Waals surface area contributed by atoms with Gasteiger partial charge in [0.25, 0.3) is 0 Å². The lowest BCUT2D eigenvalue weighted by atomic mass is 10.0. The van der Waals surface area contributed by atoms with Gasteiger partial charge in [0.1, 0.15) is 5.75 Å². The third-order valence-corrected chi connectivity index (χ3v) is 3.49. The number of rotatable bonds is 8. The van der Waals surface area contributed by atoms with Crippen LogP contribution in [0.5, 0.6) is 5.75 Å². The Balaban J connectivity index is 2.68. The Kier molecular flexibility index (Phi) is 6.81. The molecular formula is C16H27NO. The molecule has 0 radical (unpaired) electrons. The summed E-state index contributed by atoms with van der Waals surface area (Å²) in [6.45, 7) is 6.74. The van der Waals surface area contributed by atoms with Crippen LogP contribution in [0.15, 0.2) is 24.3 Å². The zero-order valence-electron chi connectivity index (χ0n) is 12.2. The number of ether oxygens (including phenoxy) is 1. The normalized spacial score (nSPS) is 14.2. The summed E-state index contributed by atoms with van der Waals surface area (Å²) in [6.07, 6.45) is 4.81. The summed E-state index contributed by atoms with van der Waals surface area (Å²) in [5.41, 5.74) is 1.35. The van der Waals surface area contributed by atoms with Crippen LogP contribution in [0.3, 0.4) is 0 Å². The number of hydrogen-bond donors (Lipinski definition) is 1. The minimum atomic E-state index is 0.451. The van der Waals surface area contributed by atoms with Gasteiger partial charge < -0.3 is 10.1 Å². The van der Waals surface area contributed by atoms with Crippen molar-refractivity contribution >= 4 is 0 Å². The molecule has 0 saturated heterocycles. The predicted octanol–water partition coefficient (Wildman–Crippen LogP) is 4.31. The van der Waals surface area contributed by atoms with E-state index < -0.39 is 0 Å². The fourth-order valence-corrected chi connectivity index (χ4v) is 2.32. The SMILES string of the molecule is CCCC(CC)NC(CC)c1ccc(OC)cc1. The first-order chi connectivity index (χ1) is 8.74. The maximum Gasteiger partial charge on any atom is 0.118 e. The first-order valence-electron chi connectivity index (χ1n) is 7.15. The average Bonchev–Trinajstić information content (AvgIpc) is 2.43. The largest absolute Gasteiger partial charge is 0.497 e. The summed E-state index contributed by atoms with van der Waals surface area (Å²) >= 11 is 0. The molecule has 0 amide bonds. The molecule has 0 spiro atoms. The van der Waals surface area contributed by atoms with E-state index in [0.29, 0.717) is 12.1 Å². The zero-order chi connectivity index (χ0) is 13.4. The van der Waals surface area contributed by atoms with Gasteiger partial charge in [-0.05, 0) is 37.0 Å². The Bertz CT molecular complexity index is 320. The molecule has 2 unspecified atom stereocenters. The van der Waals surface area contributed by atoms with Gasteiger partial charge in [0.05, 0.1) is 7.11 Å². The molecule has 0 aliphatic heterocycles. The molecule has 2 heteroatoms. The minimum Gasteiger partial charge on any atom is -0.497 e. The Morgan fingerprint density at radius 3 is 2.17 bits per heavy atom. The first-order valence-corrected chi connectivity index (χ1v) is 7.15. The Labute approximate surface area is 112 Å². The van der Waals surface area contributed by atoms with E-state index in [1.807, 2.05) is 12.1 Å². The van der Waals surface area contributed by atoms with Gasteiger partial charge in [0.2, 0.25) is 0 Å². The van der Waals surface area contributed by atoms with Gasteiger partial charge in [-0.2, -0.15) is 0 Å². The van der Waals surface area contributed by atoms with E-state index in [-0.39, 0.29) is 0 Å². The highest BCUT2D eigenvalue weighted by Crippen LogP contribution is 2.21. The van der Waals surface area contributed by atoms with E-state index in [1.54, 1.807) is 7.11 Å². The van der Waals surface area contributed by atoms with Crippen molar-refractivity contribution in [2.24, 2.45) is 0 Å². The smallest absolute Gasteiger partial charge is 0.118 e. The van der Waals surface area contributed by atoms with Crippen molar-refractivity contribution in [2.45, 2.75) is 58.5 Å². The first kappa shape index (κ1) is 15.0. The number of nitrogens with one attached hydrogen (secondary N) is 1. The summed E-state index contributed by atoms with van der Waals surface area (Å²) in [4.78, 5) is 0. The van der Waals surface area contributed by atoms with E-state index in [2.05, 4.69) is 38.2 Å². The second-order valence-electron chi connectivity index (χ2n) is 4.79. The topological polar surface area (TPSA) is 21.3 Å². The number of methoxy groups -OCH3 is 1. The lowest BCUT2D eigenvalue weighted by Gasteiger charge is -2.24. The summed E-state index contributed by atoms with van der Waals surface area (Å²) in [7, 11) is 1.71. The molecule has 2 atom stereocenters. The van der Waals surface area contributed by atoms with E-state index in [4.69, 9.17) is 4.74 Å². The van der Waals surface area contributed by atoms with Gasteiger partial charge in [0.15, 0.2) is 0 Å². The van der Waals surface area contributed by atoms with Crippen molar-refractivity contribution in [1.29, 1.82) is 0 Å². The summed E-state index contributed by atoms with van der Waals surface area (Å²) in [6, 6.07) is 9.49. The highest BCUT2D eigenvalue weighted by molar-refractivity contribution is 5.29. The highest BCUT2D eigenvalue weighted by atomic mass is 16.5. The van der Waals surface area contributed by atoms with Crippen LogP contribution in [-0.4, -0.2) is 13.2 Å². The molecule has 0 saturated carbocycles. The predicted molar refractivity (Wildman–Crippen MR) is 78.1 cm³/mol. The van der Waals surface area contributed by atoms with Crippen LogP contribution in [0.25, 0.3) is 0 Å². The molecule has 0 aliphatic carbocycles. The van der Waals surface area contributed by atoms with Gasteiger partial charge in [-0.3, -0.25) is 0 Å². The molecule has 0 aliphatic rings. The van der Waals surface area contributed by atoms with Gasteiger partial charge in [-0.25, -0.2) is 0 Å². The maximum atomic E-state index is 5.20. The highest BCUT2D eigenvalue weighted by Gasteiger charge is 2.13. The van der Waals surface area contributed by atoms with Crippen molar-refractivity contribution in [2.75, 3.05) is 7.11 Å². The van der Waals surface area contributed by atoms with Crippen LogP contribution >= 0.6 is 0 Å². The zero-order valence-corrected chi connectivity index (χ0v) is 12.2. The molecule has 0 heterocycles. The van der Waals surface area contributed by atoms with Crippen molar-refractivity contribution < 1.29 is 4.74 Å². The molecule has 1 aromatic rings. The van der Waals surface area contributed by atoms with Crippen molar-refractivity contribution in [3.63, 3.8) is 0 Å². The molecule has 2 nitrogen and oxygen atoms in total. The van der Waals surface area contributed by atoms with E-state index >= 15 is 0 Å². The van der Waals surface area contributed by atoms with Gasteiger partial charge in [-0.15, -0.1) is 0 Å². The second-order valence-corrected chi connectivity index (χ2v) is 4.79. The average molecular weight is 249 g/mol. The molecule has 0 aromatic heterocycles. The number of hydrogen-bond acceptors (Lipinski definition) is 2. The molecule has 102 valence electrons. The summed E-state index contributed by atoms with van der Waals surface area (Å²) < 4.78 is 5.20. The standard InChI is InChI=1S/C16H27NO/c1-5-8-14(6-2)17-16(7-3)13-9-11-15(18-4)12-10-13/h9-12,14,16-17H,5-8H2,1-4H3. The van der Waals surface area contributed by atoms with Crippen molar-refractivity contribution in [3.8, 4) is 5.75 Å². The quantitative estimate of drug-likeness (QED) is 0.741. The number of benzene rings is 1. The third kappa shape index (κ3) is 4.34. The Morgan fingerprint density at radius 1 is 1.06 bits per heavy atom. The van der Waals surface area contributed by atoms with Crippen LogP contribution in [-0.2, 0) is 0 Å². The van der Waals surface area contributed by atoms with Crippen LogP contribution in [0.4, 0.5) is 0 Å². The monoisotopic (exact) mass is 249 g/mol. The van der Waals surface area contributed by atoms with Gasteiger partial charge in [-0.1, -0.05) is 39.3 Å². The Morgan fingerprint density at radius 2 is 1.72 bits per heavy atom. The van der Waals surface area contributed by atoms with Gasteiger partial charge in [0, 0.05) is 12.1 Å². The minimum absolute atomic E-state index is 0.451. The maximum absolute atomic E-state index is 5.20. The lowest BCUT2D eigenvalue weighted by Crippen LogP contribution is -2.32. The summed E-state index contributed by atoms with van der Waals surface area (Å²) in [5, 5.41) is 3.77. The summed E-state index contributed by atoms with van der Waals surface area (Å²) in [5.74, 6) is 0.925. The molecular weight excluding hydrogens is 222 g/mol. The van der Waals surface area contributed by atoms with Crippen LogP contribution in [0.2, 0.25) is 0 Å². The molecule has 1 rings (SSSR count). The third-order valence-electron chi connectivity index (χ3n) is 3.49. The molecule has 0 bridgehead atoms. The van der Waals surface area contributed by atoms with E-state index in [0.717, 1.165) is 12.2 Å². The van der Waals surface area contributed by atoms with E-state index in [9.17, 15) is 0 Å². The van der Waals surface area contributed by atoms with Crippen LogP contribution in [0.1, 0.15) is 58.1 Å². The molecule has 0 fully saturated rings. The van der Waals surface area contributed by atoms with Crippen LogP contribution in [0, 0.1) is 0 Å². The molecule has 18 heavy (non-hydrogen) atoms. The molecule has 1 aromatic carbocycles. The lowest BCUT2D eigenvalue weighted by molar-refractivity contribution is 0.393. The van der Waals surface area contributed by atoms with Crippen LogP contribution < -0.4 is 10.1 Å². The van der Waals surface area contributed by atoms with E-state index in [1.165, 1.54) is 24.8 Å². The van der Waals surface area contributed by atoms with Crippen molar-refractivity contribution in [1.82, 2.24) is 5.32 Å². The fourth-order valence-electron chi connectivity index (χ4n) is 2.32. The van der Waals surface area contributed by atoms with Crippen molar-refractivity contribution in [3.05, 3.63) is 29.8 Å². The Hall–Kier alpha value is -1.02. The molecule has 1 N–H and O–H groups in total.